The quantitative estimate of drug-likeness (QED) is 0.712. The van der Waals surface area contributed by atoms with E-state index >= 15 is 0 Å². The molecule has 2 N–H and O–H groups in total. The van der Waals surface area contributed by atoms with Gasteiger partial charge in [0, 0.05) is 26.2 Å². The van der Waals surface area contributed by atoms with Crippen LogP contribution in [0.1, 0.15) is 0 Å². The Kier molecular flexibility index (Phi) is 4.42. The van der Waals surface area contributed by atoms with Gasteiger partial charge in [0.1, 0.15) is 0 Å². The van der Waals surface area contributed by atoms with Crippen molar-refractivity contribution in [3.8, 4) is 0 Å². The summed E-state index contributed by atoms with van der Waals surface area (Å²) in [5, 5.41) is 0.0648. The van der Waals surface area contributed by atoms with Crippen LogP contribution in [0.4, 0.5) is 0 Å². The van der Waals surface area contributed by atoms with Crippen molar-refractivity contribution in [2.75, 3.05) is 0 Å². The van der Waals surface area contributed by atoms with Gasteiger partial charge in [0.15, 0.2) is 0 Å². The van der Waals surface area contributed by atoms with E-state index in [9.17, 15) is 4.57 Å². The van der Waals surface area contributed by atoms with Crippen LogP contribution in [0.5, 0.6) is 0 Å². The minimum absolute atomic E-state index is 0. The first-order valence-corrected chi connectivity index (χ1v) is 4.33. The monoisotopic (exact) mass is 248 g/mol. The smallest absolute Gasteiger partial charge is 0.321 e. The van der Waals surface area contributed by atoms with Crippen LogP contribution in [0.2, 0.25) is 0 Å². The molecule has 0 saturated heterocycles. The zero-order chi connectivity index (χ0) is 7.61. The molecule has 1 aromatic carbocycles. The fourth-order valence-corrected chi connectivity index (χ4v) is 1.18. The van der Waals surface area contributed by atoms with E-state index in [0.717, 1.165) is 0 Å². The second-order valence-corrected chi connectivity index (χ2v) is 3.48. The summed E-state index contributed by atoms with van der Waals surface area (Å²) in [5.41, 5.74) is 0. The van der Waals surface area contributed by atoms with Gasteiger partial charge >= 0.3 is 7.60 Å². The Hall–Kier alpha value is 0.253. The summed E-state index contributed by atoms with van der Waals surface area (Å²) in [6.07, 6.45) is 0. The Morgan fingerprint density at radius 1 is 1.09 bits per heavy atom. The number of hydrogen-bond donors (Lipinski definition) is 2. The Labute approximate surface area is 83.7 Å². The van der Waals surface area contributed by atoms with Crippen LogP contribution in [0, 0.1) is 0 Å². The van der Waals surface area contributed by atoms with Gasteiger partial charge in [-0.1, -0.05) is 18.2 Å². The van der Waals surface area contributed by atoms with Gasteiger partial charge in [0.25, 0.3) is 0 Å². The van der Waals surface area contributed by atoms with Gasteiger partial charge in [-0.15, -0.1) is 0 Å². The predicted molar refractivity (Wildman–Crippen MR) is 38.1 cm³/mol. The van der Waals surface area contributed by atoms with Crippen molar-refractivity contribution in [3.63, 3.8) is 0 Å². The van der Waals surface area contributed by atoms with Gasteiger partial charge in [-0.25, -0.2) is 0 Å². The molecule has 5 heteroatoms. The second kappa shape index (κ2) is 4.32. The third-order valence-electron chi connectivity index (χ3n) is 1.09. The molecular weight excluding hydrogens is 242 g/mol. The van der Waals surface area contributed by atoms with Crippen molar-refractivity contribution in [3.05, 3.63) is 30.3 Å². The number of rotatable bonds is 1. The maximum absolute atomic E-state index is 10.5. The van der Waals surface area contributed by atoms with Crippen LogP contribution >= 0.6 is 7.60 Å². The average Bonchev–Trinajstić information content (AvgIpc) is 1.88. The molecule has 0 unspecified atom stereocenters. The molecule has 0 saturated carbocycles. The van der Waals surface area contributed by atoms with Crippen LogP contribution in [0.15, 0.2) is 30.3 Å². The SMILES string of the molecule is O=P(O)(O)c1ccccc1.[Zr]. The molecule has 0 atom stereocenters. The van der Waals surface area contributed by atoms with Gasteiger partial charge in [0.05, 0.1) is 5.30 Å². The molecule has 1 aromatic rings. The molecule has 0 aromatic heterocycles. The van der Waals surface area contributed by atoms with Gasteiger partial charge in [-0.2, -0.15) is 0 Å². The fourth-order valence-electron chi connectivity index (χ4n) is 0.622. The van der Waals surface area contributed by atoms with E-state index in [0.29, 0.717) is 0 Å². The van der Waals surface area contributed by atoms with Crippen molar-refractivity contribution in [2.24, 2.45) is 0 Å². The Bertz CT molecular complexity index is 256. The average molecular weight is 249 g/mol. The minimum Gasteiger partial charge on any atom is -0.321 e. The Balaban J connectivity index is 0.000001000. The summed E-state index contributed by atoms with van der Waals surface area (Å²) >= 11 is 0. The van der Waals surface area contributed by atoms with Crippen LogP contribution in [0.25, 0.3) is 0 Å². The summed E-state index contributed by atoms with van der Waals surface area (Å²) < 4.78 is 10.5. The molecule has 0 aliphatic heterocycles. The zero-order valence-corrected chi connectivity index (χ0v) is 8.99. The van der Waals surface area contributed by atoms with E-state index in [-0.39, 0.29) is 31.5 Å². The molecule has 0 bridgehead atoms. The number of hydrogen-bond acceptors (Lipinski definition) is 1. The summed E-state index contributed by atoms with van der Waals surface area (Å²) in [5.74, 6) is 0. The summed E-state index contributed by atoms with van der Waals surface area (Å²) in [7, 11) is -4.02. The van der Waals surface area contributed by atoms with Crippen molar-refractivity contribution >= 4 is 12.9 Å². The van der Waals surface area contributed by atoms with Crippen molar-refractivity contribution in [1.82, 2.24) is 0 Å². The fraction of sp³-hybridized carbons (Fsp3) is 0. The Morgan fingerprint density at radius 2 is 1.55 bits per heavy atom. The predicted octanol–water partition coefficient (Wildman–Crippen LogP) is 0.487. The van der Waals surface area contributed by atoms with E-state index in [1.165, 1.54) is 12.1 Å². The maximum Gasteiger partial charge on any atom is 0.356 e. The van der Waals surface area contributed by atoms with E-state index < -0.39 is 7.60 Å². The minimum atomic E-state index is -4.02. The number of benzene rings is 1. The van der Waals surface area contributed by atoms with Gasteiger partial charge in [-0.05, 0) is 12.1 Å². The topological polar surface area (TPSA) is 57.5 Å². The van der Waals surface area contributed by atoms with Crippen molar-refractivity contribution in [2.45, 2.75) is 0 Å². The van der Waals surface area contributed by atoms with E-state index in [1.807, 2.05) is 0 Å². The van der Waals surface area contributed by atoms with E-state index in [4.69, 9.17) is 9.79 Å². The Morgan fingerprint density at radius 3 is 1.82 bits per heavy atom. The van der Waals surface area contributed by atoms with Gasteiger partial charge < -0.3 is 9.79 Å². The van der Waals surface area contributed by atoms with Crippen molar-refractivity contribution < 1.29 is 40.6 Å². The second-order valence-electron chi connectivity index (χ2n) is 1.88. The van der Waals surface area contributed by atoms with Crippen molar-refractivity contribution in [1.29, 1.82) is 0 Å². The van der Waals surface area contributed by atoms with E-state index in [1.54, 1.807) is 18.2 Å². The summed E-state index contributed by atoms with van der Waals surface area (Å²) in [6.45, 7) is 0. The van der Waals surface area contributed by atoms with Crippen LogP contribution in [-0.4, -0.2) is 9.79 Å². The first-order chi connectivity index (χ1) is 4.61. The molecule has 0 aliphatic carbocycles. The molecule has 0 radical (unpaired) electrons. The molecule has 0 amide bonds. The van der Waals surface area contributed by atoms with Gasteiger partial charge in [-0.3, -0.25) is 4.57 Å². The first kappa shape index (κ1) is 11.3. The molecule has 0 fully saturated rings. The van der Waals surface area contributed by atoms with E-state index in [2.05, 4.69) is 0 Å². The third-order valence-corrected chi connectivity index (χ3v) is 2.06. The van der Waals surface area contributed by atoms with Crippen LogP contribution < -0.4 is 5.30 Å². The molecule has 58 valence electrons. The molecule has 0 spiro atoms. The molecule has 1 rings (SSSR count). The molecule has 0 heterocycles. The summed E-state index contributed by atoms with van der Waals surface area (Å²) in [4.78, 5) is 17.2. The molecule has 0 aliphatic rings. The summed E-state index contributed by atoms with van der Waals surface area (Å²) in [6, 6.07) is 7.70. The molecular formula is C6H7O3PZr. The van der Waals surface area contributed by atoms with Crippen LogP contribution in [0.3, 0.4) is 0 Å². The standard InChI is InChI=1S/C6H7O3P.Zr/c7-10(8,9)6-4-2-1-3-5-6;/h1-5H,(H2,7,8,9);. The van der Waals surface area contributed by atoms with Crippen LogP contribution in [-0.2, 0) is 30.8 Å². The zero-order valence-electron chi connectivity index (χ0n) is 5.64. The third kappa shape index (κ3) is 3.44. The molecule has 11 heavy (non-hydrogen) atoms. The largest absolute Gasteiger partial charge is 0.356 e. The molecule has 3 nitrogen and oxygen atoms in total. The maximum atomic E-state index is 10.5. The van der Waals surface area contributed by atoms with Gasteiger partial charge in [0.2, 0.25) is 0 Å². The normalized spacial score (nSPS) is 10.4. The first-order valence-electron chi connectivity index (χ1n) is 2.72.